The summed E-state index contributed by atoms with van der Waals surface area (Å²) in [6.45, 7) is 12.5. The van der Waals surface area contributed by atoms with Crippen LogP contribution in [0.5, 0.6) is 0 Å². The molecule has 2 aromatic carbocycles. The van der Waals surface area contributed by atoms with Crippen molar-refractivity contribution in [3.63, 3.8) is 0 Å². The van der Waals surface area contributed by atoms with Crippen LogP contribution in [0.4, 0.5) is 0 Å². The van der Waals surface area contributed by atoms with Gasteiger partial charge in [-0.05, 0) is 46.2 Å². The van der Waals surface area contributed by atoms with Crippen molar-refractivity contribution in [1.82, 2.24) is 0 Å². The predicted molar refractivity (Wildman–Crippen MR) is 63.7 cm³/mol. The Morgan fingerprint density at radius 3 is 1.50 bits per heavy atom. The quantitative estimate of drug-likeness (QED) is 0.586. The lowest BCUT2D eigenvalue weighted by atomic mass is 9.98. The standard InChI is InChI=1S/C14H14/c1-9-10(2)12(4)14-8-6-5-7-13(14)11(9)3/h5-8H,3-4H2,1-2H3. The zero-order valence-electron chi connectivity index (χ0n) is 8.72. The van der Waals surface area contributed by atoms with E-state index in [2.05, 4.69) is 39.1 Å². The molecule has 0 heterocycles. The molecule has 0 unspecified atom stereocenters. The van der Waals surface area contributed by atoms with E-state index in [0.717, 1.165) is 10.4 Å². The highest BCUT2D eigenvalue weighted by atomic mass is 14.1. The first-order valence-corrected chi connectivity index (χ1v) is 4.78. The molecule has 0 aromatic heterocycles. The molecule has 0 amide bonds. The maximum Gasteiger partial charge on any atom is -0.0109 e. The van der Waals surface area contributed by atoms with Crippen LogP contribution in [0.1, 0.15) is 11.1 Å². The first-order chi connectivity index (χ1) is 6.63. The van der Waals surface area contributed by atoms with Crippen LogP contribution < -0.4 is 10.4 Å². The summed E-state index contributed by atoms with van der Waals surface area (Å²) in [6, 6.07) is 8.31. The van der Waals surface area contributed by atoms with Crippen molar-refractivity contribution >= 4 is 23.9 Å². The van der Waals surface area contributed by atoms with Gasteiger partial charge in [0.1, 0.15) is 0 Å². The van der Waals surface area contributed by atoms with Crippen LogP contribution >= 0.6 is 0 Å². The first-order valence-electron chi connectivity index (χ1n) is 4.78. The lowest BCUT2D eigenvalue weighted by molar-refractivity contribution is 1.31. The summed E-state index contributed by atoms with van der Waals surface area (Å²) >= 11 is 0. The summed E-state index contributed by atoms with van der Waals surface area (Å²) in [5.41, 5.74) is 2.52. The minimum Gasteiger partial charge on any atom is -0.0909 e. The van der Waals surface area contributed by atoms with Crippen LogP contribution in [0.3, 0.4) is 0 Å². The number of rotatable bonds is 0. The van der Waals surface area contributed by atoms with Gasteiger partial charge >= 0.3 is 0 Å². The number of hydrogen-bond acceptors (Lipinski definition) is 0. The largest absolute Gasteiger partial charge is 0.0909 e. The average Bonchev–Trinajstić information content (AvgIpc) is 2.23. The third-order valence-corrected chi connectivity index (χ3v) is 3.05. The van der Waals surface area contributed by atoms with E-state index in [1.165, 1.54) is 21.9 Å². The minimum absolute atomic E-state index is 1.13. The fourth-order valence-electron chi connectivity index (χ4n) is 1.87. The van der Waals surface area contributed by atoms with E-state index < -0.39 is 0 Å². The van der Waals surface area contributed by atoms with Gasteiger partial charge in [0.05, 0.1) is 0 Å². The van der Waals surface area contributed by atoms with Crippen LogP contribution in [-0.4, -0.2) is 0 Å². The Bertz CT molecular complexity index is 537. The van der Waals surface area contributed by atoms with E-state index in [9.17, 15) is 0 Å². The van der Waals surface area contributed by atoms with E-state index >= 15 is 0 Å². The van der Waals surface area contributed by atoms with Crippen LogP contribution in [0.15, 0.2) is 24.3 Å². The molecule has 0 aliphatic rings. The predicted octanol–water partition coefficient (Wildman–Crippen LogP) is 2.28. The minimum atomic E-state index is 1.13. The van der Waals surface area contributed by atoms with Crippen molar-refractivity contribution < 1.29 is 0 Å². The van der Waals surface area contributed by atoms with Crippen LogP contribution in [0, 0.1) is 13.8 Å². The summed E-state index contributed by atoms with van der Waals surface area (Å²) in [4.78, 5) is 0. The van der Waals surface area contributed by atoms with Crippen molar-refractivity contribution in [1.29, 1.82) is 0 Å². The Hall–Kier alpha value is -1.56. The topological polar surface area (TPSA) is 0 Å². The van der Waals surface area contributed by atoms with Gasteiger partial charge in [-0.3, -0.25) is 0 Å². The molecular weight excluding hydrogens is 168 g/mol. The smallest absolute Gasteiger partial charge is 0.0109 e. The molecule has 0 atom stereocenters. The zero-order chi connectivity index (χ0) is 10.3. The van der Waals surface area contributed by atoms with Gasteiger partial charge in [-0.15, -0.1) is 0 Å². The molecule has 0 saturated carbocycles. The van der Waals surface area contributed by atoms with Gasteiger partial charge in [-0.25, -0.2) is 0 Å². The summed E-state index contributed by atoms with van der Waals surface area (Å²) in [5, 5.41) is 4.71. The molecule has 0 bridgehead atoms. The lowest BCUT2D eigenvalue weighted by Gasteiger charge is -2.06. The Kier molecular flexibility index (Phi) is 1.92. The second kappa shape index (κ2) is 2.98. The van der Waals surface area contributed by atoms with Crippen molar-refractivity contribution in [2.75, 3.05) is 0 Å². The molecule has 0 nitrogen and oxygen atoms in total. The summed E-state index contributed by atoms with van der Waals surface area (Å²) < 4.78 is 0. The maximum absolute atomic E-state index is 4.12. The lowest BCUT2D eigenvalue weighted by Crippen LogP contribution is -2.17. The van der Waals surface area contributed by atoms with Gasteiger partial charge in [0.15, 0.2) is 0 Å². The SMILES string of the molecule is C=c1c(C)c(C)c(=C)c2ccccc12. The van der Waals surface area contributed by atoms with E-state index in [0.29, 0.717) is 0 Å². The molecule has 70 valence electrons. The second-order valence-corrected chi connectivity index (χ2v) is 3.75. The molecular formula is C14H14. The monoisotopic (exact) mass is 182 g/mol. The first kappa shape index (κ1) is 9.01. The summed E-state index contributed by atoms with van der Waals surface area (Å²) in [7, 11) is 0. The number of benzene rings is 2. The Morgan fingerprint density at radius 2 is 1.14 bits per heavy atom. The van der Waals surface area contributed by atoms with Gasteiger partial charge in [-0.1, -0.05) is 37.4 Å². The molecule has 0 heteroatoms. The Balaban J connectivity index is 3.19. The third-order valence-electron chi connectivity index (χ3n) is 3.05. The van der Waals surface area contributed by atoms with E-state index in [4.69, 9.17) is 0 Å². The molecule has 0 saturated heterocycles. The highest BCUT2D eigenvalue weighted by Crippen LogP contribution is 2.07. The van der Waals surface area contributed by atoms with Crippen molar-refractivity contribution in [2.45, 2.75) is 13.8 Å². The molecule has 2 aromatic rings. The van der Waals surface area contributed by atoms with Crippen molar-refractivity contribution in [3.05, 3.63) is 45.8 Å². The fraction of sp³-hybridized carbons (Fsp3) is 0.143. The molecule has 0 aliphatic heterocycles. The Labute approximate surface area is 84.2 Å². The maximum atomic E-state index is 4.12. The fourth-order valence-corrected chi connectivity index (χ4v) is 1.87. The summed E-state index contributed by atoms with van der Waals surface area (Å²) in [6.07, 6.45) is 0. The molecule has 2 rings (SSSR count). The van der Waals surface area contributed by atoms with Crippen LogP contribution in [0.25, 0.3) is 23.9 Å². The molecule has 0 aliphatic carbocycles. The molecule has 0 radical (unpaired) electrons. The number of hydrogen-bond donors (Lipinski definition) is 0. The molecule has 14 heavy (non-hydrogen) atoms. The van der Waals surface area contributed by atoms with Crippen LogP contribution in [0.2, 0.25) is 0 Å². The summed E-state index contributed by atoms with van der Waals surface area (Å²) in [5.74, 6) is 0. The molecule has 0 spiro atoms. The Morgan fingerprint density at radius 1 is 0.786 bits per heavy atom. The zero-order valence-corrected chi connectivity index (χ0v) is 8.72. The molecule has 0 N–H and O–H groups in total. The van der Waals surface area contributed by atoms with Crippen LogP contribution in [-0.2, 0) is 0 Å². The highest BCUT2D eigenvalue weighted by molar-refractivity contribution is 5.85. The average molecular weight is 182 g/mol. The van der Waals surface area contributed by atoms with Gasteiger partial charge in [0.2, 0.25) is 0 Å². The van der Waals surface area contributed by atoms with E-state index in [-0.39, 0.29) is 0 Å². The third kappa shape index (κ3) is 1.07. The number of fused-ring (bicyclic) bond motifs is 1. The molecule has 0 fully saturated rings. The normalized spacial score (nSPS) is 10.7. The van der Waals surface area contributed by atoms with Gasteiger partial charge < -0.3 is 0 Å². The van der Waals surface area contributed by atoms with Crippen molar-refractivity contribution in [2.24, 2.45) is 0 Å². The highest BCUT2D eigenvalue weighted by Gasteiger charge is 2.01. The van der Waals surface area contributed by atoms with Crippen molar-refractivity contribution in [3.8, 4) is 0 Å². The van der Waals surface area contributed by atoms with E-state index in [1.807, 2.05) is 12.1 Å². The second-order valence-electron chi connectivity index (χ2n) is 3.75. The van der Waals surface area contributed by atoms with Gasteiger partial charge in [0.25, 0.3) is 0 Å². The van der Waals surface area contributed by atoms with Gasteiger partial charge in [-0.2, -0.15) is 0 Å². The van der Waals surface area contributed by atoms with E-state index in [1.54, 1.807) is 0 Å². The van der Waals surface area contributed by atoms with Gasteiger partial charge in [0, 0.05) is 0 Å².